The van der Waals surface area contributed by atoms with Crippen molar-refractivity contribution in [1.82, 2.24) is 14.5 Å². The van der Waals surface area contributed by atoms with E-state index in [2.05, 4.69) is 51.7 Å². The lowest BCUT2D eigenvalue weighted by molar-refractivity contribution is 0.113. The normalized spacial score (nSPS) is 18.7. The Morgan fingerprint density at radius 1 is 1.03 bits per heavy atom. The quantitative estimate of drug-likeness (QED) is 0.669. The number of rotatable bonds is 7. The van der Waals surface area contributed by atoms with Crippen molar-refractivity contribution in [3.05, 3.63) is 53.1 Å². The number of hydrogen-bond donors (Lipinski definition) is 1. The Morgan fingerprint density at radius 2 is 1.79 bits per heavy atom. The summed E-state index contributed by atoms with van der Waals surface area (Å²) in [7, 11) is 2.23. The summed E-state index contributed by atoms with van der Waals surface area (Å²) in [6, 6.07) is 11.6. The number of nitrogens with one attached hydrogen (secondary N) is 1. The van der Waals surface area contributed by atoms with Gasteiger partial charge in [0.1, 0.15) is 5.75 Å². The van der Waals surface area contributed by atoms with Crippen LogP contribution in [0, 0.1) is 6.92 Å². The molecule has 2 aromatic rings. The molecule has 2 aromatic carbocycles. The van der Waals surface area contributed by atoms with Gasteiger partial charge in [-0.15, -0.1) is 0 Å². The van der Waals surface area contributed by atoms with Gasteiger partial charge in [-0.25, -0.2) is 13.1 Å². The monoisotopic (exact) mass is 472 g/mol. The zero-order valence-corrected chi connectivity index (χ0v) is 21.0. The maximum atomic E-state index is 13.1. The highest BCUT2D eigenvalue weighted by molar-refractivity contribution is 7.89. The molecule has 180 valence electrons. The molecule has 2 aliphatic rings. The van der Waals surface area contributed by atoms with Gasteiger partial charge in [0.15, 0.2) is 0 Å². The minimum Gasteiger partial charge on any atom is -0.496 e. The van der Waals surface area contributed by atoms with Gasteiger partial charge >= 0.3 is 0 Å². The Kier molecular flexibility index (Phi) is 7.28. The Bertz CT molecular complexity index is 1080. The highest BCUT2D eigenvalue weighted by atomic mass is 32.2. The molecule has 8 heteroatoms. The first-order valence-electron chi connectivity index (χ1n) is 11.7. The van der Waals surface area contributed by atoms with Crippen LogP contribution in [0.25, 0.3) is 0 Å². The smallest absolute Gasteiger partial charge is 0.240 e. The largest absolute Gasteiger partial charge is 0.496 e. The second kappa shape index (κ2) is 10.0. The van der Waals surface area contributed by atoms with Crippen molar-refractivity contribution < 1.29 is 13.2 Å². The summed E-state index contributed by atoms with van der Waals surface area (Å²) in [5, 5.41) is 0. The molecule has 33 heavy (non-hydrogen) atoms. The molecule has 1 unspecified atom stereocenters. The van der Waals surface area contributed by atoms with Crippen LogP contribution in [-0.4, -0.2) is 78.7 Å². The Hall–Kier alpha value is -2.13. The average molecular weight is 473 g/mol. The molecular formula is C25H36N4O3S. The number of aryl methyl sites for hydroxylation is 2. The van der Waals surface area contributed by atoms with Crippen molar-refractivity contribution in [1.29, 1.82) is 0 Å². The zero-order chi connectivity index (χ0) is 23.6. The molecule has 2 heterocycles. The van der Waals surface area contributed by atoms with Gasteiger partial charge in [0.05, 0.1) is 12.0 Å². The van der Waals surface area contributed by atoms with Crippen molar-refractivity contribution in [3.8, 4) is 5.75 Å². The lowest BCUT2D eigenvalue weighted by Crippen LogP contribution is -2.48. The molecule has 2 aliphatic heterocycles. The second-order valence-electron chi connectivity index (χ2n) is 9.25. The van der Waals surface area contributed by atoms with Gasteiger partial charge in [-0.2, -0.15) is 0 Å². The predicted octanol–water partition coefficient (Wildman–Crippen LogP) is 2.65. The van der Waals surface area contributed by atoms with Crippen LogP contribution in [0.2, 0.25) is 0 Å². The number of ether oxygens (including phenoxy) is 1. The molecule has 7 nitrogen and oxygen atoms in total. The summed E-state index contributed by atoms with van der Waals surface area (Å²) in [6.07, 6.45) is 2.22. The van der Waals surface area contributed by atoms with Crippen LogP contribution in [0.15, 0.2) is 41.3 Å². The molecule has 1 atom stereocenters. The van der Waals surface area contributed by atoms with Crippen LogP contribution < -0.4 is 14.4 Å². The van der Waals surface area contributed by atoms with E-state index in [4.69, 9.17) is 4.74 Å². The molecule has 0 saturated carbocycles. The number of sulfonamides is 1. The van der Waals surface area contributed by atoms with Crippen molar-refractivity contribution in [3.63, 3.8) is 0 Å². The van der Waals surface area contributed by atoms with Gasteiger partial charge in [0.2, 0.25) is 10.0 Å². The Balaban J connectivity index is 1.58. The first-order valence-corrected chi connectivity index (χ1v) is 13.2. The third kappa shape index (κ3) is 5.35. The number of nitrogens with zero attached hydrogens (tertiary/aromatic N) is 3. The average Bonchev–Trinajstić information content (AvgIpc) is 2.80. The highest BCUT2D eigenvalue weighted by Gasteiger charge is 2.27. The lowest BCUT2D eigenvalue weighted by atomic mass is 9.95. The third-order valence-electron chi connectivity index (χ3n) is 6.96. The van der Waals surface area contributed by atoms with Crippen molar-refractivity contribution in [2.24, 2.45) is 0 Å². The first-order chi connectivity index (χ1) is 15.8. The fourth-order valence-corrected chi connectivity index (χ4v) is 6.02. The van der Waals surface area contributed by atoms with Crippen LogP contribution in [0.1, 0.15) is 29.2 Å². The topological polar surface area (TPSA) is 65.1 Å². The molecule has 0 amide bonds. The van der Waals surface area contributed by atoms with Gasteiger partial charge in [0, 0.05) is 58.0 Å². The fourth-order valence-electron chi connectivity index (χ4n) is 4.89. The minimum absolute atomic E-state index is 0.00893. The van der Waals surface area contributed by atoms with Gasteiger partial charge < -0.3 is 14.5 Å². The highest BCUT2D eigenvalue weighted by Crippen LogP contribution is 2.31. The van der Waals surface area contributed by atoms with E-state index in [1.165, 1.54) is 16.8 Å². The van der Waals surface area contributed by atoms with E-state index in [0.717, 1.165) is 51.1 Å². The third-order valence-corrected chi connectivity index (χ3v) is 8.38. The van der Waals surface area contributed by atoms with Gasteiger partial charge in [0.25, 0.3) is 0 Å². The summed E-state index contributed by atoms with van der Waals surface area (Å²) in [4.78, 5) is 7.31. The fraction of sp³-hybridized carbons (Fsp3) is 0.520. The van der Waals surface area contributed by atoms with E-state index in [9.17, 15) is 8.42 Å². The predicted molar refractivity (Wildman–Crippen MR) is 133 cm³/mol. The molecular weight excluding hydrogens is 436 g/mol. The first kappa shape index (κ1) is 24.0. The van der Waals surface area contributed by atoms with Crippen molar-refractivity contribution in [2.45, 2.75) is 30.7 Å². The van der Waals surface area contributed by atoms with Crippen molar-refractivity contribution >= 4 is 15.7 Å². The molecule has 1 fully saturated rings. The van der Waals surface area contributed by atoms with E-state index in [-0.39, 0.29) is 10.9 Å². The van der Waals surface area contributed by atoms with E-state index < -0.39 is 10.0 Å². The standard InChI is InChI=1S/C25H36N4O3S/c1-19-16-22(8-10-25(19)32-4)33(30,31)26-18-24(29-14-12-27(2)13-15-29)21-7-9-23-20(17-21)6-5-11-28(23)3/h7-10,16-17,24,26H,5-6,11-15,18H2,1-4H3. The molecule has 4 rings (SSSR count). The number of likely N-dealkylation sites (N-methyl/N-ethyl adjacent to an activating group) is 1. The number of anilines is 1. The van der Waals surface area contributed by atoms with E-state index in [1.807, 2.05) is 6.92 Å². The molecule has 0 aromatic heterocycles. The van der Waals surface area contributed by atoms with E-state index >= 15 is 0 Å². The Labute approximate surface area is 198 Å². The summed E-state index contributed by atoms with van der Waals surface area (Å²) in [6.45, 7) is 7.07. The molecule has 0 spiro atoms. The second-order valence-corrected chi connectivity index (χ2v) is 11.0. The summed E-state index contributed by atoms with van der Waals surface area (Å²) in [5.41, 5.74) is 4.63. The Morgan fingerprint density at radius 3 is 2.48 bits per heavy atom. The number of hydrogen-bond acceptors (Lipinski definition) is 6. The summed E-state index contributed by atoms with van der Waals surface area (Å²) in [5.74, 6) is 0.684. The number of fused-ring (bicyclic) bond motifs is 1. The van der Waals surface area contributed by atoms with Crippen molar-refractivity contribution in [2.75, 3.05) is 65.4 Å². The van der Waals surface area contributed by atoms with Crippen LogP contribution in [0.4, 0.5) is 5.69 Å². The van der Waals surface area contributed by atoms with Gasteiger partial charge in [-0.3, -0.25) is 4.90 Å². The molecule has 0 aliphatic carbocycles. The molecule has 0 bridgehead atoms. The van der Waals surface area contributed by atoms with Crippen LogP contribution in [0.3, 0.4) is 0 Å². The van der Waals surface area contributed by atoms with E-state index in [1.54, 1.807) is 25.3 Å². The molecule has 1 saturated heterocycles. The molecule has 0 radical (unpaired) electrons. The minimum atomic E-state index is -3.64. The zero-order valence-electron chi connectivity index (χ0n) is 20.2. The lowest BCUT2D eigenvalue weighted by Gasteiger charge is -2.39. The van der Waals surface area contributed by atoms with Crippen LogP contribution >= 0.6 is 0 Å². The molecule has 1 N–H and O–H groups in total. The number of piperazine rings is 1. The van der Waals surface area contributed by atoms with Gasteiger partial charge in [-0.1, -0.05) is 12.1 Å². The SMILES string of the molecule is COc1ccc(S(=O)(=O)NCC(c2ccc3c(c2)CCCN3C)N2CCN(C)CC2)cc1C. The van der Waals surface area contributed by atoms with Crippen LogP contribution in [-0.2, 0) is 16.4 Å². The number of methoxy groups -OCH3 is 1. The van der Waals surface area contributed by atoms with Crippen LogP contribution in [0.5, 0.6) is 5.75 Å². The van der Waals surface area contributed by atoms with Gasteiger partial charge in [-0.05, 0) is 67.8 Å². The number of benzene rings is 2. The van der Waals surface area contributed by atoms with E-state index in [0.29, 0.717) is 12.3 Å². The summed E-state index contributed by atoms with van der Waals surface area (Å²) < 4.78 is 34.5. The maximum Gasteiger partial charge on any atom is 0.240 e. The summed E-state index contributed by atoms with van der Waals surface area (Å²) >= 11 is 0. The maximum absolute atomic E-state index is 13.1.